The van der Waals surface area contributed by atoms with Crippen LogP contribution in [0.25, 0.3) is 0 Å². The summed E-state index contributed by atoms with van der Waals surface area (Å²) in [6.07, 6.45) is 2.44. The zero-order valence-corrected chi connectivity index (χ0v) is 9.39. The number of hydrazine groups is 1. The summed E-state index contributed by atoms with van der Waals surface area (Å²) in [5.74, 6) is 5.99. The smallest absolute Gasteiger partial charge is 0.294 e. The highest BCUT2D eigenvalue weighted by molar-refractivity contribution is 5.65. The summed E-state index contributed by atoms with van der Waals surface area (Å²) in [5.41, 5.74) is 3.39. The maximum atomic E-state index is 10.8. The van der Waals surface area contributed by atoms with E-state index in [2.05, 4.69) is 5.43 Å². The Morgan fingerprint density at radius 1 is 1.53 bits per heavy atom. The summed E-state index contributed by atoms with van der Waals surface area (Å²) < 4.78 is 5.50. The molecule has 0 aromatic heterocycles. The van der Waals surface area contributed by atoms with Crippen molar-refractivity contribution >= 4 is 11.4 Å². The molecule has 0 spiro atoms. The quantitative estimate of drug-likeness (QED) is 0.447. The topological polar surface area (TPSA) is 90.4 Å². The van der Waals surface area contributed by atoms with Gasteiger partial charge in [0.25, 0.3) is 5.69 Å². The number of nitro benzene ring substituents is 1. The van der Waals surface area contributed by atoms with E-state index in [0.717, 1.165) is 0 Å². The Hall–Kier alpha value is -1.66. The fraction of sp³-hybridized carbons (Fsp3) is 0.455. The Kier molecular flexibility index (Phi) is 3.55. The molecule has 1 aromatic carbocycles. The number of nitrogens with zero attached hydrogens (tertiary/aromatic N) is 1. The molecule has 6 nitrogen and oxygen atoms in total. The Balaban J connectivity index is 2.08. The van der Waals surface area contributed by atoms with Gasteiger partial charge in [0.1, 0.15) is 5.69 Å². The van der Waals surface area contributed by atoms with Gasteiger partial charge < -0.3 is 10.2 Å². The molecule has 3 N–H and O–H groups in total. The first-order valence-electron chi connectivity index (χ1n) is 5.53. The van der Waals surface area contributed by atoms with Crippen molar-refractivity contribution in [3.63, 3.8) is 0 Å². The molecule has 0 heterocycles. The molecule has 0 radical (unpaired) electrons. The minimum atomic E-state index is -0.459. The van der Waals surface area contributed by atoms with Gasteiger partial charge in [-0.15, -0.1) is 0 Å². The average Bonchev–Trinajstić information content (AvgIpc) is 3.12. The van der Waals surface area contributed by atoms with Crippen LogP contribution in [0.1, 0.15) is 18.4 Å². The second-order valence-electron chi connectivity index (χ2n) is 4.17. The van der Waals surface area contributed by atoms with Crippen LogP contribution in [0.4, 0.5) is 11.4 Å². The van der Waals surface area contributed by atoms with Crippen LogP contribution >= 0.6 is 0 Å². The van der Waals surface area contributed by atoms with Gasteiger partial charge in [0, 0.05) is 18.2 Å². The third kappa shape index (κ3) is 2.92. The minimum absolute atomic E-state index is 0.0278. The first kappa shape index (κ1) is 11.8. The molecular formula is C11H15N3O3. The Morgan fingerprint density at radius 2 is 2.29 bits per heavy atom. The van der Waals surface area contributed by atoms with Gasteiger partial charge in [0.2, 0.25) is 0 Å². The molecule has 0 bridgehead atoms. The third-order valence-electron chi connectivity index (χ3n) is 2.78. The van der Waals surface area contributed by atoms with Crippen molar-refractivity contribution in [2.24, 2.45) is 11.8 Å². The number of nitrogen functional groups attached to an aromatic ring is 1. The van der Waals surface area contributed by atoms with E-state index in [-0.39, 0.29) is 5.69 Å². The molecule has 1 saturated carbocycles. The standard InChI is InChI=1S/C11H15N3O3/c12-13-11-9(7-17-6-8-4-5-8)2-1-3-10(11)14(15)16/h1-3,8,13H,4-7,12H2. The second kappa shape index (κ2) is 5.11. The average molecular weight is 237 g/mol. The van der Waals surface area contributed by atoms with Crippen molar-refractivity contribution < 1.29 is 9.66 Å². The normalized spacial score (nSPS) is 14.6. The number of ether oxygens (including phenoxy) is 1. The number of nitrogens with one attached hydrogen (secondary N) is 1. The molecule has 0 amide bonds. The molecule has 17 heavy (non-hydrogen) atoms. The summed E-state index contributed by atoms with van der Waals surface area (Å²) >= 11 is 0. The SMILES string of the molecule is NNc1c(COCC2CC2)cccc1[N+](=O)[O-]. The van der Waals surface area contributed by atoms with E-state index in [9.17, 15) is 10.1 Å². The lowest BCUT2D eigenvalue weighted by atomic mass is 10.1. The highest BCUT2D eigenvalue weighted by atomic mass is 16.6. The van der Waals surface area contributed by atoms with Crippen molar-refractivity contribution in [1.82, 2.24) is 0 Å². The number of hydrogen-bond acceptors (Lipinski definition) is 5. The van der Waals surface area contributed by atoms with E-state index >= 15 is 0 Å². The maximum Gasteiger partial charge on any atom is 0.294 e. The largest absolute Gasteiger partial charge is 0.376 e. The van der Waals surface area contributed by atoms with Gasteiger partial charge in [-0.3, -0.25) is 16.0 Å². The Morgan fingerprint density at radius 3 is 2.88 bits per heavy atom. The van der Waals surface area contributed by atoms with E-state index in [1.54, 1.807) is 12.1 Å². The molecule has 0 unspecified atom stereocenters. The monoisotopic (exact) mass is 237 g/mol. The minimum Gasteiger partial charge on any atom is -0.376 e. The van der Waals surface area contributed by atoms with Gasteiger partial charge >= 0.3 is 0 Å². The van der Waals surface area contributed by atoms with Crippen LogP contribution in [0.2, 0.25) is 0 Å². The predicted octanol–water partition coefficient (Wildman–Crippen LogP) is 1.81. The van der Waals surface area contributed by atoms with Gasteiger partial charge in [0.15, 0.2) is 0 Å². The number of hydrogen-bond donors (Lipinski definition) is 2. The van der Waals surface area contributed by atoms with Crippen LogP contribution in [0.3, 0.4) is 0 Å². The molecule has 92 valence electrons. The number of anilines is 1. The number of para-hydroxylation sites is 1. The third-order valence-corrected chi connectivity index (χ3v) is 2.78. The zero-order chi connectivity index (χ0) is 12.3. The molecular weight excluding hydrogens is 222 g/mol. The zero-order valence-electron chi connectivity index (χ0n) is 9.39. The van der Waals surface area contributed by atoms with Crippen molar-refractivity contribution in [3.8, 4) is 0 Å². The summed E-state index contributed by atoms with van der Waals surface area (Å²) in [6.45, 7) is 1.06. The summed E-state index contributed by atoms with van der Waals surface area (Å²) in [4.78, 5) is 10.3. The molecule has 1 fully saturated rings. The maximum absolute atomic E-state index is 10.8. The van der Waals surface area contributed by atoms with Gasteiger partial charge in [-0.2, -0.15) is 0 Å². The number of nitro groups is 1. The first-order valence-corrected chi connectivity index (χ1v) is 5.53. The van der Waals surface area contributed by atoms with Crippen molar-refractivity contribution in [2.45, 2.75) is 19.4 Å². The second-order valence-corrected chi connectivity index (χ2v) is 4.17. The molecule has 1 aliphatic carbocycles. The number of nitrogens with two attached hydrogens (primary N) is 1. The van der Waals surface area contributed by atoms with Crippen LogP contribution in [0.5, 0.6) is 0 Å². The van der Waals surface area contributed by atoms with E-state index in [0.29, 0.717) is 30.4 Å². The highest BCUT2D eigenvalue weighted by Crippen LogP contribution is 2.31. The number of benzene rings is 1. The summed E-state index contributed by atoms with van der Waals surface area (Å²) in [7, 11) is 0. The van der Waals surface area contributed by atoms with E-state index in [1.165, 1.54) is 18.9 Å². The van der Waals surface area contributed by atoms with Crippen molar-refractivity contribution in [2.75, 3.05) is 12.0 Å². The van der Waals surface area contributed by atoms with Crippen molar-refractivity contribution in [1.29, 1.82) is 0 Å². The van der Waals surface area contributed by atoms with Crippen LogP contribution in [-0.4, -0.2) is 11.5 Å². The van der Waals surface area contributed by atoms with Crippen molar-refractivity contribution in [3.05, 3.63) is 33.9 Å². The summed E-state index contributed by atoms with van der Waals surface area (Å²) in [6, 6.07) is 4.82. The molecule has 2 rings (SSSR count). The molecule has 6 heteroatoms. The lowest BCUT2D eigenvalue weighted by Crippen LogP contribution is -2.12. The van der Waals surface area contributed by atoms with Gasteiger partial charge in [-0.25, -0.2) is 0 Å². The predicted molar refractivity (Wildman–Crippen MR) is 63.3 cm³/mol. The van der Waals surface area contributed by atoms with Crippen LogP contribution in [-0.2, 0) is 11.3 Å². The fourth-order valence-electron chi connectivity index (χ4n) is 1.65. The van der Waals surface area contributed by atoms with E-state index in [4.69, 9.17) is 10.6 Å². The molecule has 0 saturated heterocycles. The Bertz CT molecular complexity index is 418. The first-order chi connectivity index (χ1) is 8.22. The van der Waals surface area contributed by atoms with E-state index < -0.39 is 4.92 Å². The highest BCUT2D eigenvalue weighted by Gasteiger charge is 2.22. The number of rotatable bonds is 6. The lowest BCUT2D eigenvalue weighted by Gasteiger charge is -2.09. The molecule has 0 atom stereocenters. The summed E-state index contributed by atoms with van der Waals surface area (Å²) in [5, 5.41) is 10.8. The van der Waals surface area contributed by atoms with Gasteiger partial charge in [-0.05, 0) is 18.8 Å². The molecule has 1 aliphatic rings. The fourth-order valence-corrected chi connectivity index (χ4v) is 1.65. The van der Waals surface area contributed by atoms with Crippen LogP contribution < -0.4 is 11.3 Å². The van der Waals surface area contributed by atoms with Crippen LogP contribution in [0.15, 0.2) is 18.2 Å². The molecule has 1 aromatic rings. The van der Waals surface area contributed by atoms with Crippen LogP contribution in [0, 0.1) is 16.0 Å². The Labute approximate surface area is 98.9 Å². The van der Waals surface area contributed by atoms with E-state index in [1.807, 2.05) is 0 Å². The molecule has 0 aliphatic heterocycles. The lowest BCUT2D eigenvalue weighted by molar-refractivity contribution is -0.384. The van der Waals surface area contributed by atoms with Gasteiger partial charge in [0.05, 0.1) is 11.5 Å². The van der Waals surface area contributed by atoms with Gasteiger partial charge in [-0.1, -0.05) is 12.1 Å².